The summed E-state index contributed by atoms with van der Waals surface area (Å²) in [5.74, 6) is 1.41. The van der Waals surface area contributed by atoms with E-state index in [0.29, 0.717) is 18.7 Å². The van der Waals surface area contributed by atoms with E-state index in [9.17, 15) is 9.59 Å². The van der Waals surface area contributed by atoms with Gasteiger partial charge in [0.2, 0.25) is 0 Å². The lowest BCUT2D eigenvalue weighted by Gasteiger charge is -2.08. The first-order valence-corrected chi connectivity index (χ1v) is 6.43. The summed E-state index contributed by atoms with van der Waals surface area (Å²) in [5.41, 5.74) is 0.424. The van der Waals surface area contributed by atoms with Crippen molar-refractivity contribution >= 4 is 29.3 Å². The SMILES string of the molecule is C#CCCCCNC(=O)Nc1ccc(C(=O)O)c(Cl)c1. The van der Waals surface area contributed by atoms with Crippen molar-refractivity contribution in [3.8, 4) is 12.3 Å². The summed E-state index contributed by atoms with van der Waals surface area (Å²) in [6.45, 7) is 0.522. The number of amides is 2. The number of nitrogens with one attached hydrogen (secondary N) is 2. The van der Waals surface area contributed by atoms with Gasteiger partial charge in [-0.25, -0.2) is 9.59 Å². The molecular weight excluding hydrogens is 280 g/mol. The third kappa shape index (κ3) is 5.21. The molecule has 20 heavy (non-hydrogen) atoms. The predicted molar refractivity (Wildman–Crippen MR) is 78.1 cm³/mol. The summed E-state index contributed by atoms with van der Waals surface area (Å²) in [5, 5.41) is 14.1. The fourth-order valence-electron chi connectivity index (χ4n) is 1.50. The third-order valence-electron chi connectivity index (χ3n) is 2.49. The van der Waals surface area contributed by atoms with E-state index < -0.39 is 5.97 Å². The number of unbranched alkanes of at least 4 members (excludes halogenated alkanes) is 2. The van der Waals surface area contributed by atoms with Crippen LogP contribution in [0.4, 0.5) is 10.5 Å². The van der Waals surface area contributed by atoms with Crippen molar-refractivity contribution in [2.24, 2.45) is 0 Å². The van der Waals surface area contributed by atoms with Crippen LogP contribution in [-0.4, -0.2) is 23.7 Å². The molecule has 106 valence electrons. The lowest BCUT2D eigenvalue weighted by atomic mass is 10.2. The Balaban J connectivity index is 2.44. The zero-order valence-electron chi connectivity index (χ0n) is 10.8. The Morgan fingerprint density at radius 2 is 2.10 bits per heavy atom. The molecule has 0 aliphatic carbocycles. The molecule has 0 bridgehead atoms. The highest BCUT2D eigenvalue weighted by Crippen LogP contribution is 2.20. The number of aromatic carboxylic acids is 1. The van der Waals surface area contributed by atoms with E-state index in [4.69, 9.17) is 23.1 Å². The van der Waals surface area contributed by atoms with Crippen molar-refractivity contribution in [2.45, 2.75) is 19.3 Å². The van der Waals surface area contributed by atoms with Gasteiger partial charge >= 0.3 is 12.0 Å². The smallest absolute Gasteiger partial charge is 0.337 e. The number of benzene rings is 1. The Labute approximate surface area is 122 Å². The molecular formula is C14H15ClN2O3. The molecule has 0 aliphatic rings. The number of urea groups is 1. The van der Waals surface area contributed by atoms with Crippen molar-refractivity contribution in [2.75, 3.05) is 11.9 Å². The lowest BCUT2D eigenvalue weighted by Crippen LogP contribution is -2.29. The van der Waals surface area contributed by atoms with Gasteiger partial charge in [0.1, 0.15) is 0 Å². The number of hydrogen-bond acceptors (Lipinski definition) is 2. The number of rotatable bonds is 6. The molecule has 2 amide bonds. The van der Waals surface area contributed by atoms with Crippen LogP contribution in [0.5, 0.6) is 0 Å². The molecule has 0 spiro atoms. The van der Waals surface area contributed by atoms with Crippen LogP contribution in [-0.2, 0) is 0 Å². The van der Waals surface area contributed by atoms with E-state index in [0.717, 1.165) is 12.8 Å². The Bertz CT molecular complexity index is 538. The van der Waals surface area contributed by atoms with Crippen molar-refractivity contribution < 1.29 is 14.7 Å². The predicted octanol–water partition coefficient (Wildman–Crippen LogP) is 2.96. The molecule has 1 rings (SSSR count). The largest absolute Gasteiger partial charge is 0.478 e. The number of carbonyl (C=O) groups is 2. The second kappa shape index (κ2) is 8.08. The number of carboxylic acid groups (broad SMARTS) is 1. The maximum absolute atomic E-state index is 11.6. The Hall–Kier alpha value is -2.19. The molecule has 3 N–H and O–H groups in total. The maximum Gasteiger partial charge on any atom is 0.337 e. The fraction of sp³-hybridized carbons (Fsp3) is 0.286. The highest BCUT2D eigenvalue weighted by Gasteiger charge is 2.09. The molecule has 0 heterocycles. The van der Waals surface area contributed by atoms with E-state index in [2.05, 4.69) is 16.6 Å². The van der Waals surface area contributed by atoms with Crippen LogP contribution in [0.1, 0.15) is 29.6 Å². The van der Waals surface area contributed by atoms with Crippen LogP contribution in [0.25, 0.3) is 0 Å². The second-order valence-electron chi connectivity index (χ2n) is 4.04. The summed E-state index contributed by atoms with van der Waals surface area (Å²) < 4.78 is 0. The number of carbonyl (C=O) groups excluding carboxylic acids is 1. The first-order valence-electron chi connectivity index (χ1n) is 6.05. The number of anilines is 1. The van der Waals surface area contributed by atoms with Gasteiger partial charge in [-0.05, 0) is 31.0 Å². The number of carboxylic acids is 1. The molecule has 0 aromatic heterocycles. The summed E-state index contributed by atoms with van der Waals surface area (Å²) in [4.78, 5) is 22.3. The normalized spacial score (nSPS) is 9.60. The van der Waals surface area contributed by atoms with Gasteiger partial charge in [-0.15, -0.1) is 12.3 Å². The van der Waals surface area contributed by atoms with Gasteiger partial charge in [-0.3, -0.25) is 0 Å². The van der Waals surface area contributed by atoms with Gasteiger partial charge in [0, 0.05) is 18.7 Å². The zero-order valence-corrected chi connectivity index (χ0v) is 11.5. The third-order valence-corrected chi connectivity index (χ3v) is 2.80. The Morgan fingerprint density at radius 3 is 2.70 bits per heavy atom. The van der Waals surface area contributed by atoms with E-state index in [-0.39, 0.29) is 16.6 Å². The average molecular weight is 295 g/mol. The van der Waals surface area contributed by atoms with Gasteiger partial charge < -0.3 is 15.7 Å². The highest BCUT2D eigenvalue weighted by molar-refractivity contribution is 6.33. The van der Waals surface area contributed by atoms with Crippen molar-refractivity contribution in [3.05, 3.63) is 28.8 Å². The van der Waals surface area contributed by atoms with E-state index in [1.165, 1.54) is 18.2 Å². The average Bonchev–Trinajstić information content (AvgIpc) is 2.38. The topological polar surface area (TPSA) is 78.4 Å². The van der Waals surface area contributed by atoms with Crippen LogP contribution in [0, 0.1) is 12.3 Å². The first kappa shape index (κ1) is 15.9. The minimum absolute atomic E-state index is 0.00749. The van der Waals surface area contributed by atoms with Crippen molar-refractivity contribution in [1.82, 2.24) is 5.32 Å². The highest BCUT2D eigenvalue weighted by atomic mass is 35.5. The monoisotopic (exact) mass is 294 g/mol. The van der Waals surface area contributed by atoms with Crippen LogP contribution in [0.15, 0.2) is 18.2 Å². The first-order chi connectivity index (χ1) is 9.54. The van der Waals surface area contributed by atoms with Crippen molar-refractivity contribution in [1.29, 1.82) is 0 Å². The second-order valence-corrected chi connectivity index (χ2v) is 4.45. The molecule has 5 nitrogen and oxygen atoms in total. The number of halogens is 1. The Kier molecular flexibility index (Phi) is 6.41. The lowest BCUT2D eigenvalue weighted by molar-refractivity contribution is 0.0697. The number of hydrogen-bond donors (Lipinski definition) is 3. The fourth-order valence-corrected chi connectivity index (χ4v) is 1.76. The summed E-state index contributed by atoms with van der Waals surface area (Å²) in [6.07, 6.45) is 7.47. The van der Waals surface area contributed by atoms with Crippen LogP contribution in [0.2, 0.25) is 5.02 Å². The van der Waals surface area contributed by atoms with Crippen LogP contribution >= 0.6 is 11.6 Å². The van der Waals surface area contributed by atoms with E-state index in [1.807, 2.05) is 0 Å². The molecule has 0 aliphatic heterocycles. The van der Waals surface area contributed by atoms with E-state index >= 15 is 0 Å². The summed E-state index contributed by atoms with van der Waals surface area (Å²) in [6, 6.07) is 3.84. The molecule has 0 fully saturated rings. The molecule has 0 radical (unpaired) electrons. The number of terminal acetylenes is 1. The molecule has 0 saturated carbocycles. The van der Waals surface area contributed by atoms with Gasteiger partial charge in [-0.1, -0.05) is 11.6 Å². The maximum atomic E-state index is 11.6. The van der Waals surface area contributed by atoms with Gasteiger partial charge in [0.25, 0.3) is 0 Å². The molecule has 0 unspecified atom stereocenters. The van der Waals surface area contributed by atoms with Crippen molar-refractivity contribution in [3.63, 3.8) is 0 Å². The minimum Gasteiger partial charge on any atom is -0.478 e. The molecule has 0 saturated heterocycles. The molecule has 1 aromatic rings. The molecule has 1 aromatic carbocycles. The summed E-state index contributed by atoms with van der Waals surface area (Å²) in [7, 11) is 0. The van der Waals surface area contributed by atoms with Crippen LogP contribution < -0.4 is 10.6 Å². The quantitative estimate of drug-likeness (QED) is 0.557. The van der Waals surface area contributed by atoms with Gasteiger partial charge in [0.05, 0.1) is 10.6 Å². The molecule has 6 heteroatoms. The minimum atomic E-state index is -1.11. The van der Waals surface area contributed by atoms with Gasteiger partial charge in [0.15, 0.2) is 0 Å². The zero-order chi connectivity index (χ0) is 15.0. The van der Waals surface area contributed by atoms with Crippen LogP contribution in [0.3, 0.4) is 0 Å². The van der Waals surface area contributed by atoms with E-state index in [1.54, 1.807) is 0 Å². The molecule has 0 atom stereocenters. The summed E-state index contributed by atoms with van der Waals surface area (Å²) >= 11 is 5.80. The Morgan fingerprint density at radius 1 is 1.35 bits per heavy atom. The van der Waals surface area contributed by atoms with Gasteiger partial charge in [-0.2, -0.15) is 0 Å². The standard InChI is InChI=1S/C14H15ClN2O3/c1-2-3-4-5-8-16-14(20)17-10-6-7-11(13(18)19)12(15)9-10/h1,6-7,9H,3-5,8H2,(H,18,19)(H2,16,17,20).